The number of carbonyl (C=O) groups is 1. The number of aromatic nitrogens is 1. The van der Waals surface area contributed by atoms with Crippen LogP contribution in [0.1, 0.15) is 6.42 Å². The van der Waals surface area contributed by atoms with E-state index in [1.54, 1.807) is 0 Å². The third-order valence-corrected chi connectivity index (χ3v) is 2.31. The average Bonchev–Trinajstić information content (AvgIpc) is 2.20. The lowest BCUT2D eigenvalue weighted by molar-refractivity contribution is -0.117. The lowest BCUT2D eigenvalue weighted by Crippen LogP contribution is -2.17. The molecule has 0 aromatic carbocycles. The van der Waals surface area contributed by atoms with Crippen LogP contribution in [0.2, 0.25) is 10.0 Å². The Hall–Kier alpha value is -1.24. The number of nitrogen functional groups attached to an aromatic ring is 1. The van der Waals surface area contributed by atoms with Gasteiger partial charge in [0.25, 0.3) is 0 Å². The zero-order valence-electron chi connectivity index (χ0n) is 8.26. The van der Waals surface area contributed by atoms with Gasteiger partial charge in [0.1, 0.15) is 5.82 Å². The quantitative estimate of drug-likeness (QED) is 0.468. The highest BCUT2D eigenvalue weighted by Crippen LogP contribution is 2.28. The van der Waals surface area contributed by atoms with Crippen molar-refractivity contribution in [1.82, 2.24) is 4.98 Å². The third kappa shape index (κ3) is 3.41. The van der Waals surface area contributed by atoms with Crippen LogP contribution in [-0.4, -0.2) is 17.4 Å². The smallest absolute Gasteiger partial charge is 0.219 e. The fourth-order valence-electron chi connectivity index (χ4n) is 0.996. The highest BCUT2D eigenvalue weighted by molar-refractivity contribution is 6.37. The Morgan fingerprint density at radius 2 is 2.00 bits per heavy atom. The Kier molecular flexibility index (Phi) is 4.60. The summed E-state index contributed by atoms with van der Waals surface area (Å²) in [7, 11) is 0. The van der Waals surface area contributed by atoms with E-state index in [2.05, 4.69) is 15.7 Å². The number of hydrogen-bond donors (Lipinski definition) is 4. The van der Waals surface area contributed by atoms with Crippen LogP contribution in [0.4, 0.5) is 11.6 Å². The second kappa shape index (κ2) is 5.74. The van der Waals surface area contributed by atoms with Crippen molar-refractivity contribution in [2.24, 2.45) is 11.6 Å². The predicted octanol–water partition coefficient (Wildman–Crippen LogP) is 0.961. The van der Waals surface area contributed by atoms with Crippen molar-refractivity contribution in [2.75, 3.05) is 17.3 Å². The fraction of sp³-hybridized carbons (Fsp3) is 0.250. The molecule has 1 heterocycles. The molecule has 6 N–H and O–H groups in total. The Labute approximate surface area is 102 Å². The van der Waals surface area contributed by atoms with Crippen molar-refractivity contribution in [2.45, 2.75) is 6.42 Å². The number of primary amides is 1. The number of halogens is 2. The van der Waals surface area contributed by atoms with E-state index in [4.69, 9.17) is 34.8 Å². The molecule has 8 heteroatoms. The van der Waals surface area contributed by atoms with E-state index in [0.717, 1.165) is 0 Å². The van der Waals surface area contributed by atoms with Gasteiger partial charge in [-0.15, -0.1) is 0 Å². The normalized spacial score (nSPS) is 9.94. The van der Waals surface area contributed by atoms with E-state index >= 15 is 0 Å². The van der Waals surface area contributed by atoms with Gasteiger partial charge >= 0.3 is 0 Å². The molecule has 6 nitrogen and oxygen atoms in total. The number of rotatable bonds is 5. The summed E-state index contributed by atoms with van der Waals surface area (Å²) >= 11 is 11.7. The maximum absolute atomic E-state index is 10.5. The van der Waals surface area contributed by atoms with E-state index < -0.39 is 5.91 Å². The van der Waals surface area contributed by atoms with Crippen LogP contribution in [0.25, 0.3) is 0 Å². The number of hydrogen-bond acceptors (Lipinski definition) is 5. The number of nitrogens with two attached hydrogens (primary N) is 2. The summed E-state index contributed by atoms with van der Waals surface area (Å²) in [5.41, 5.74) is 7.32. The zero-order chi connectivity index (χ0) is 12.1. The summed E-state index contributed by atoms with van der Waals surface area (Å²) in [5.74, 6) is 5.48. The fourth-order valence-corrected chi connectivity index (χ4v) is 1.48. The maximum atomic E-state index is 10.5. The molecule has 0 unspecified atom stereocenters. The van der Waals surface area contributed by atoms with E-state index in [1.165, 1.54) is 6.07 Å². The standard InChI is InChI=1S/C8H11Cl2N5O/c9-4-3-5(10)8(15-12)14-7(4)13-2-1-6(11)16/h3H,1-2,12H2,(H2,11,16)(H2,13,14,15). The van der Waals surface area contributed by atoms with Crippen molar-refractivity contribution in [1.29, 1.82) is 0 Å². The number of hydrazine groups is 1. The Balaban J connectivity index is 2.75. The van der Waals surface area contributed by atoms with Gasteiger partial charge in [0.15, 0.2) is 5.82 Å². The summed E-state index contributed by atoms with van der Waals surface area (Å²) < 4.78 is 0. The van der Waals surface area contributed by atoms with Crippen LogP contribution in [0.3, 0.4) is 0 Å². The van der Waals surface area contributed by atoms with Crippen LogP contribution in [0.5, 0.6) is 0 Å². The van der Waals surface area contributed by atoms with Crippen molar-refractivity contribution < 1.29 is 4.79 Å². The van der Waals surface area contributed by atoms with Crippen molar-refractivity contribution >= 4 is 40.7 Å². The third-order valence-electron chi connectivity index (χ3n) is 1.73. The van der Waals surface area contributed by atoms with E-state index in [9.17, 15) is 4.79 Å². The molecule has 1 rings (SSSR count). The molecule has 0 spiro atoms. The van der Waals surface area contributed by atoms with Gasteiger partial charge in [0.05, 0.1) is 10.0 Å². The first-order chi connectivity index (χ1) is 7.54. The van der Waals surface area contributed by atoms with Crippen molar-refractivity contribution in [3.63, 3.8) is 0 Å². The van der Waals surface area contributed by atoms with Crippen LogP contribution in [-0.2, 0) is 4.79 Å². The molecule has 16 heavy (non-hydrogen) atoms. The molecular formula is C8H11Cl2N5O. The van der Waals surface area contributed by atoms with Gasteiger partial charge in [-0.1, -0.05) is 23.2 Å². The molecule has 0 atom stereocenters. The maximum Gasteiger partial charge on any atom is 0.219 e. The number of amides is 1. The molecule has 1 aromatic heterocycles. The molecule has 0 aliphatic carbocycles. The molecule has 0 saturated carbocycles. The molecule has 0 bridgehead atoms. The van der Waals surface area contributed by atoms with Gasteiger partial charge in [-0.05, 0) is 6.07 Å². The molecule has 0 aliphatic heterocycles. The molecule has 0 saturated heterocycles. The van der Waals surface area contributed by atoms with Crippen LogP contribution in [0, 0.1) is 0 Å². The van der Waals surface area contributed by atoms with Gasteiger partial charge < -0.3 is 16.5 Å². The Morgan fingerprint density at radius 1 is 1.38 bits per heavy atom. The average molecular weight is 264 g/mol. The highest BCUT2D eigenvalue weighted by atomic mass is 35.5. The van der Waals surface area contributed by atoms with Crippen LogP contribution in [0.15, 0.2) is 6.07 Å². The van der Waals surface area contributed by atoms with Gasteiger partial charge in [0.2, 0.25) is 5.91 Å². The van der Waals surface area contributed by atoms with E-state index in [-0.39, 0.29) is 6.42 Å². The van der Waals surface area contributed by atoms with E-state index in [0.29, 0.717) is 28.2 Å². The first-order valence-corrected chi connectivity index (χ1v) is 5.15. The first-order valence-electron chi connectivity index (χ1n) is 4.39. The predicted molar refractivity (Wildman–Crippen MR) is 64.4 cm³/mol. The monoisotopic (exact) mass is 263 g/mol. The first kappa shape index (κ1) is 12.8. The van der Waals surface area contributed by atoms with Crippen LogP contribution < -0.4 is 22.3 Å². The van der Waals surface area contributed by atoms with Crippen molar-refractivity contribution in [3.8, 4) is 0 Å². The van der Waals surface area contributed by atoms with Crippen molar-refractivity contribution in [3.05, 3.63) is 16.1 Å². The Bertz CT molecular complexity index is 398. The summed E-state index contributed by atoms with van der Waals surface area (Å²) in [4.78, 5) is 14.6. The van der Waals surface area contributed by atoms with Gasteiger partial charge in [0, 0.05) is 13.0 Å². The summed E-state index contributed by atoms with van der Waals surface area (Å²) in [6, 6.07) is 1.50. The lowest BCUT2D eigenvalue weighted by Gasteiger charge is -2.09. The minimum Gasteiger partial charge on any atom is -0.370 e. The largest absolute Gasteiger partial charge is 0.370 e. The van der Waals surface area contributed by atoms with Crippen LogP contribution >= 0.6 is 23.2 Å². The molecule has 88 valence electrons. The number of nitrogens with one attached hydrogen (secondary N) is 2. The van der Waals surface area contributed by atoms with Gasteiger partial charge in [-0.2, -0.15) is 0 Å². The number of carbonyl (C=O) groups excluding carboxylic acids is 1. The minimum atomic E-state index is -0.408. The lowest BCUT2D eigenvalue weighted by atomic mass is 10.4. The topological polar surface area (TPSA) is 106 Å². The van der Waals surface area contributed by atoms with Gasteiger partial charge in [-0.25, -0.2) is 10.8 Å². The molecule has 0 aliphatic rings. The summed E-state index contributed by atoms with van der Waals surface area (Å²) in [6.45, 7) is 0.341. The molecule has 0 radical (unpaired) electrons. The number of nitrogens with zero attached hydrogens (tertiary/aromatic N) is 1. The molecule has 1 aromatic rings. The summed E-state index contributed by atoms with van der Waals surface area (Å²) in [6.07, 6.45) is 0.187. The second-order valence-corrected chi connectivity index (χ2v) is 3.75. The highest BCUT2D eigenvalue weighted by Gasteiger charge is 2.08. The number of pyridine rings is 1. The zero-order valence-corrected chi connectivity index (χ0v) is 9.77. The SMILES string of the molecule is NNc1nc(NCCC(N)=O)c(Cl)cc1Cl. The molecular weight excluding hydrogens is 253 g/mol. The second-order valence-electron chi connectivity index (χ2n) is 2.94. The molecule has 1 amide bonds. The Morgan fingerprint density at radius 3 is 2.56 bits per heavy atom. The minimum absolute atomic E-state index is 0.187. The molecule has 0 fully saturated rings. The van der Waals surface area contributed by atoms with Gasteiger partial charge in [-0.3, -0.25) is 4.79 Å². The van der Waals surface area contributed by atoms with E-state index in [1.807, 2.05) is 0 Å². The summed E-state index contributed by atoms with van der Waals surface area (Å²) in [5, 5.41) is 3.50. The number of anilines is 2.